The molecular formula is C18H23N. The normalized spacial score (nSPS) is 12.0. The van der Waals surface area contributed by atoms with E-state index in [1.807, 2.05) is 0 Å². The Morgan fingerprint density at radius 1 is 1.05 bits per heavy atom. The maximum absolute atomic E-state index is 3.49. The summed E-state index contributed by atoms with van der Waals surface area (Å²) in [7, 11) is 0. The molecule has 0 radical (unpaired) electrons. The molecule has 0 aliphatic rings. The zero-order valence-corrected chi connectivity index (χ0v) is 11.9. The molecule has 0 saturated carbocycles. The van der Waals surface area contributed by atoms with Gasteiger partial charge >= 0.3 is 0 Å². The summed E-state index contributed by atoms with van der Waals surface area (Å²) in [6, 6.07) is 15.1. The number of hydrogen-bond acceptors (Lipinski definition) is 1. The Morgan fingerprint density at radius 2 is 1.84 bits per heavy atom. The van der Waals surface area contributed by atoms with Gasteiger partial charge in [0.2, 0.25) is 0 Å². The molecule has 2 rings (SSSR count). The molecule has 2 aromatic carbocycles. The fraction of sp³-hybridized carbons (Fsp3) is 0.333. The number of rotatable bonds is 6. The van der Waals surface area contributed by atoms with Gasteiger partial charge in [0.05, 0.1) is 0 Å². The van der Waals surface area contributed by atoms with E-state index in [-0.39, 0.29) is 0 Å². The molecule has 1 heteroatoms. The maximum atomic E-state index is 3.49. The van der Waals surface area contributed by atoms with Gasteiger partial charge in [0, 0.05) is 6.54 Å². The van der Waals surface area contributed by atoms with Crippen LogP contribution in [0.2, 0.25) is 0 Å². The van der Waals surface area contributed by atoms with Crippen molar-refractivity contribution in [2.24, 2.45) is 0 Å². The van der Waals surface area contributed by atoms with Crippen LogP contribution < -0.4 is 5.32 Å². The van der Waals surface area contributed by atoms with E-state index in [1.165, 1.54) is 28.3 Å². The summed E-state index contributed by atoms with van der Waals surface area (Å²) in [5.74, 6) is 0. The monoisotopic (exact) mass is 253 g/mol. The molecule has 0 saturated heterocycles. The summed E-state index contributed by atoms with van der Waals surface area (Å²) in [6.07, 6.45) is 4.62. The Balaban J connectivity index is 2.27. The lowest BCUT2D eigenvalue weighted by molar-refractivity contribution is 0.706. The molecule has 100 valence electrons. The van der Waals surface area contributed by atoms with Crippen LogP contribution in [-0.4, -0.2) is 13.1 Å². The van der Waals surface area contributed by atoms with Crippen LogP contribution >= 0.6 is 0 Å². The Labute approximate surface area is 116 Å². The fourth-order valence-corrected chi connectivity index (χ4v) is 2.30. The Hall–Kier alpha value is -1.60. The van der Waals surface area contributed by atoms with Crippen LogP contribution in [0, 0.1) is 0 Å². The van der Waals surface area contributed by atoms with Crippen molar-refractivity contribution in [3.8, 4) is 0 Å². The van der Waals surface area contributed by atoms with Crippen molar-refractivity contribution in [1.29, 1.82) is 0 Å². The Morgan fingerprint density at radius 3 is 2.63 bits per heavy atom. The van der Waals surface area contributed by atoms with Crippen LogP contribution in [0.1, 0.15) is 32.3 Å². The van der Waals surface area contributed by atoms with E-state index in [2.05, 4.69) is 67.7 Å². The van der Waals surface area contributed by atoms with Gasteiger partial charge in [-0.3, -0.25) is 0 Å². The second kappa shape index (κ2) is 7.10. The lowest BCUT2D eigenvalue weighted by Crippen LogP contribution is -2.17. The first-order valence-corrected chi connectivity index (χ1v) is 7.23. The molecule has 0 spiro atoms. The first-order chi connectivity index (χ1) is 9.35. The van der Waals surface area contributed by atoms with E-state index in [9.17, 15) is 0 Å². The molecular weight excluding hydrogens is 230 g/mol. The molecule has 0 unspecified atom stereocenters. The van der Waals surface area contributed by atoms with Gasteiger partial charge in [0.15, 0.2) is 0 Å². The average Bonchev–Trinajstić information content (AvgIpc) is 2.46. The minimum atomic E-state index is 0.994. The van der Waals surface area contributed by atoms with Gasteiger partial charge in [-0.15, -0.1) is 0 Å². The third-order valence-electron chi connectivity index (χ3n) is 3.42. The maximum Gasteiger partial charge on any atom is 0.0167 e. The van der Waals surface area contributed by atoms with Gasteiger partial charge in [-0.25, -0.2) is 0 Å². The van der Waals surface area contributed by atoms with Crippen LogP contribution in [0.3, 0.4) is 0 Å². The highest BCUT2D eigenvalue weighted by molar-refractivity contribution is 5.90. The van der Waals surface area contributed by atoms with E-state index in [1.54, 1.807) is 0 Å². The summed E-state index contributed by atoms with van der Waals surface area (Å²) in [5, 5.41) is 6.14. The SMILES string of the molecule is CCCNCC(=Cc1cccc2ccccc12)CC. The molecule has 0 aliphatic heterocycles. The van der Waals surface area contributed by atoms with Crippen LogP contribution in [0.15, 0.2) is 48.0 Å². The number of benzene rings is 2. The molecule has 19 heavy (non-hydrogen) atoms. The van der Waals surface area contributed by atoms with Crippen molar-refractivity contribution >= 4 is 16.8 Å². The van der Waals surface area contributed by atoms with Crippen LogP contribution in [0.25, 0.3) is 16.8 Å². The van der Waals surface area contributed by atoms with Crippen LogP contribution in [0.5, 0.6) is 0 Å². The fourth-order valence-electron chi connectivity index (χ4n) is 2.30. The molecule has 0 aromatic heterocycles. The topological polar surface area (TPSA) is 12.0 Å². The standard InChI is InChI=1S/C18H23N/c1-3-12-19-14-15(4-2)13-17-10-7-9-16-8-5-6-11-18(16)17/h5-11,13,19H,3-4,12,14H2,1-2H3. The molecule has 0 fully saturated rings. The lowest BCUT2D eigenvalue weighted by atomic mass is 10.0. The molecule has 1 nitrogen and oxygen atoms in total. The number of nitrogens with one attached hydrogen (secondary N) is 1. The average molecular weight is 253 g/mol. The Bertz CT molecular complexity index is 549. The summed E-state index contributed by atoms with van der Waals surface area (Å²) >= 11 is 0. The summed E-state index contributed by atoms with van der Waals surface area (Å²) < 4.78 is 0. The highest BCUT2D eigenvalue weighted by Crippen LogP contribution is 2.21. The van der Waals surface area contributed by atoms with Crippen molar-refractivity contribution in [3.05, 3.63) is 53.6 Å². The molecule has 0 heterocycles. The predicted molar refractivity (Wildman–Crippen MR) is 85.4 cm³/mol. The minimum Gasteiger partial charge on any atom is -0.313 e. The molecule has 0 atom stereocenters. The van der Waals surface area contributed by atoms with Gasteiger partial charge in [0.25, 0.3) is 0 Å². The summed E-state index contributed by atoms with van der Waals surface area (Å²) in [6.45, 7) is 6.51. The molecule has 0 bridgehead atoms. The second-order valence-electron chi connectivity index (χ2n) is 4.90. The van der Waals surface area contributed by atoms with Crippen molar-refractivity contribution < 1.29 is 0 Å². The van der Waals surface area contributed by atoms with Crippen molar-refractivity contribution in [2.75, 3.05) is 13.1 Å². The van der Waals surface area contributed by atoms with E-state index >= 15 is 0 Å². The van der Waals surface area contributed by atoms with E-state index in [0.717, 1.165) is 19.5 Å². The first kappa shape index (κ1) is 13.8. The van der Waals surface area contributed by atoms with Gasteiger partial charge in [0.1, 0.15) is 0 Å². The molecule has 1 N–H and O–H groups in total. The Kier molecular flexibility index (Phi) is 5.17. The van der Waals surface area contributed by atoms with Crippen molar-refractivity contribution in [1.82, 2.24) is 5.32 Å². The predicted octanol–water partition coefficient (Wildman–Crippen LogP) is 4.63. The molecule has 0 amide bonds. The summed E-state index contributed by atoms with van der Waals surface area (Å²) in [4.78, 5) is 0. The number of fused-ring (bicyclic) bond motifs is 1. The highest BCUT2D eigenvalue weighted by Gasteiger charge is 1.99. The minimum absolute atomic E-state index is 0.994. The highest BCUT2D eigenvalue weighted by atomic mass is 14.8. The van der Waals surface area contributed by atoms with Gasteiger partial charge in [-0.2, -0.15) is 0 Å². The first-order valence-electron chi connectivity index (χ1n) is 7.23. The van der Waals surface area contributed by atoms with Crippen molar-refractivity contribution in [3.63, 3.8) is 0 Å². The van der Waals surface area contributed by atoms with Gasteiger partial charge in [-0.05, 0) is 35.7 Å². The van der Waals surface area contributed by atoms with E-state index in [4.69, 9.17) is 0 Å². The third-order valence-corrected chi connectivity index (χ3v) is 3.42. The van der Waals surface area contributed by atoms with Gasteiger partial charge in [-0.1, -0.05) is 68.0 Å². The zero-order chi connectivity index (χ0) is 13.5. The molecule has 2 aromatic rings. The van der Waals surface area contributed by atoms with Crippen molar-refractivity contribution in [2.45, 2.75) is 26.7 Å². The summed E-state index contributed by atoms with van der Waals surface area (Å²) in [5.41, 5.74) is 2.79. The lowest BCUT2D eigenvalue weighted by Gasteiger charge is -2.08. The third kappa shape index (κ3) is 3.68. The molecule has 0 aliphatic carbocycles. The second-order valence-corrected chi connectivity index (χ2v) is 4.90. The van der Waals surface area contributed by atoms with Crippen LogP contribution in [-0.2, 0) is 0 Å². The largest absolute Gasteiger partial charge is 0.313 e. The van der Waals surface area contributed by atoms with Gasteiger partial charge < -0.3 is 5.32 Å². The zero-order valence-electron chi connectivity index (χ0n) is 11.9. The quantitative estimate of drug-likeness (QED) is 0.740. The van der Waals surface area contributed by atoms with Crippen LogP contribution in [0.4, 0.5) is 0 Å². The van der Waals surface area contributed by atoms with E-state index in [0.29, 0.717) is 0 Å². The smallest absolute Gasteiger partial charge is 0.0167 e. The number of hydrogen-bond donors (Lipinski definition) is 1. The van der Waals surface area contributed by atoms with E-state index < -0.39 is 0 Å².